The summed E-state index contributed by atoms with van der Waals surface area (Å²) in [6, 6.07) is 1.66. The number of piperazine rings is 1. The molecule has 2 rings (SSSR count). The standard InChI is InChI=1S/C15H23N3O3/c1-3-4-5-13(19)11-17-6-8-18(9-7-17)15(20)14-10-12(2)16-21-14/h3,10,13,19H,1,4-9,11H2,2H3. The molecule has 6 nitrogen and oxygen atoms in total. The monoisotopic (exact) mass is 293 g/mol. The van der Waals surface area contributed by atoms with Crippen molar-refractivity contribution in [3.8, 4) is 0 Å². The Kier molecular flexibility index (Phi) is 5.52. The van der Waals surface area contributed by atoms with E-state index in [4.69, 9.17) is 4.52 Å². The average molecular weight is 293 g/mol. The second-order valence-electron chi connectivity index (χ2n) is 5.45. The van der Waals surface area contributed by atoms with Gasteiger partial charge in [-0.1, -0.05) is 11.2 Å². The van der Waals surface area contributed by atoms with Crippen molar-refractivity contribution in [2.45, 2.75) is 25.9 Å². The fourth-order valence-electron chi connectivity index (χ4n) is 2.45. The molecule has 0 aromatic carbocycles. The van der Waals surface area contributed by atoms with E-state index in [2.05, 4.69) is 16.6 Å². The van der Waals surface area contributed by atoms with E-state index in [1.165, 1.54) is 0 Å². The van der Waals surface area contributed by atoms with Crippen LogP contribution in [0.15, 0.2) is 23.2 Å². The fourth-order valence-corrected chi connectivity index (χ4v) is 2.45. The minimum atomic E-state index is -0.331. The van der Waals surface area contributed by atoms with Gasteiger partial charge in [-0.15, -0.1) is 6.58 Å². The number of aryl methyl sites for hydroxylation is 1. The predicted molar refractivity (Wildman–Crippen MR) is 79.0 cm³/mol. The number of hydrogen-bond acceptors (Lipinski definition) is 5. The Labute approximate surface area is 125 Å². The summed E-state index contributed by atoms with van der Waals surface area (Å²) in [4.78, 5) is 16.2. The number of nitrogens with zero attached hydrogens (tertiary/aromatic N) is 3. The lowest BCUT2D eigenvalue weighted by Crippen LogP contribution is -2.50. The van der Waals surface area contributed by atoms with Crippen molar-refractivity contribution in [3.05, 3.63) is 30.2 Å². The third kappa shape index (κ3) is 4.41. The van der Waals surface area contributed by atoms with Crippen LogP contribution < -0.4 is 0 Å². The van der Waals surface area contributed by atoms with Gasteiger partial charge in [-0.3, -0.25) is 9.69 Å². The first-order valence-corrected chi connectivity index (χ1v) is 7.34. The van der Waals surface area contributed by atoms with Gasteiger partial charge in [0.25, 0.3) is 5.91 Å². The number of β-amino-alcohol motifs (C(OH)–C–C–N with tert-alkyl or cyclic N) is 1. The molecule has 116 valence electrons. The van der Waals surface area contributed by atoms with Crippen molar-refractivity contribution in [1.29, 1.82) is 0 Å². The molecule has 1 atom stereocenters. The van der Waals surface area contributed by atoms with Gasteiger partial charge in [0, 0.05) is 38.8 Å². The number of hydrogen-bond donors (Lipinski definition) is 1. The Morgan fingerprint density at radius 3 is 2.81 bits per heavy atom. The molecule has 0 saturated carbocycles. The number of rotatable bonds is 6. The molecule has 1 aliphatic rings. The summed E-state index contributed by atoms with van der Waals surface area (Å²) in [6.07, 6.45) is 3.05. The Bertz CT molecular complexity index is 478. The first-order chi connectivity index (χ1) is 10.1. The number of carbonyl (C=O) groups excluding carboxylic acids is 1. The van der Waals surface area contributed by atoms with Gasteiger partial charge in [-0.25, -0.2) is 0 Å². The van der Waals surface area contributed by atoms with Crippen LogP contribution in [0.4, 0.5) is 0 Å². The maximum atomic E-state index is 12.2. The minimum Gasteiger partial charge on any atom is -0.392 e. The normalized spacial score (nSPS) is 17.7. The molecule has 1 unspecified atom stereocenters. The Balaban J connectivity index is 1.77. The van der Waals surface area contributed by atoms with Crippen molar-refractivity contribution in [1.82, 2.24) is 15.0 Å². The van der Waals surface area contributed by atoms with E-state index in [9.17, 15) is 9.90 Å². The summed E-state index contributed by atoms with van der Waals surface area (Å²) in [5.74, 6) is 0.189. The number of aliphatic hydroxyl groups is 1. The summed E-state index contributed by atoms with van der Waals surface area (Å²) < 4.78 is 5.01. The number of amides is 1. The molecule has 0 aliphatic carbocycles. The van der Waals surface area contributed by atoms with E-state index in [0.717, 1.165) is 25.9 Å². The van der Waals surface area contributed by atoms with E-state index >= 15 is 0 Å². The van der Waals surface area contributed by atoms with Gasteiger partial charge in [-0.2, -0.15) is 0 Å². The van der Waals surface area contributed by atoms with Gasteiger partial charge in [0.1, 0.15) is 0 Å². The van der Waals surface area contributed by atoms with Crippen LogP contribution in [0.2, 0.25) is 0 Å². The van der Waals surface area contributed by atoms with Crippen molar-refractivity contribution < 1.29 is 14.4 Å². The molecule has 0 bridgehead atoms. The minimum absolute atomic E-state index is 0.109. The highest BCUT2D eigenvalue weighted by Crippen LogP contribution is 2.11. The van der Waals surface area contributed by atoms with Crippen LogP contribution >= 0.6 is 0 Å². The Morgan fingerprint density at radius 1 is 1.52 bits per heavy atom. The molecular weight excluding hydrogens is 270 g/mol. The summed E-state index contributed by atoms with van der Waals surface area (Å²) in [7, 11) is 0. The molecule has 1 amide bonds. The molecule has 6 heteroatoms. The smallest absolute Gasteiger partial charge is 0.292 e. The molecule has 1 N–H and O–H groups in total. The van der Waals surface area contributed by atoms with Gasteiger partial charge in [0.05, 0.1) is 11.8 Å². The predicted octanol–water partition coefficient (Wildman–Crippen LogP) is 1.07. The van der Waals surface area contributed by atoms with E-state index in [-0.39, 0.29) is 12.0 Å². The number of allylic oxidation sites excluding steroid dienone is 1. The lowest BCUT2D eigenvalue weighted by Gasteiger charge is -2.35. The lowest BCUT2D eigenvalue weighted by molar-refractivity contribution is 0.0487. The third-order valence-corrected chi connectivity index (χ3v) is 3.67. The molecule has 0 radical (unpaired) electrons. The SMILES string of the molecule is C=CCCC(O)CN1CCN(C(=O)c2cc(C)no2)CC1. The topological polar surface area (TPSA) is 69.8 Å². The number of aliphatic hydroxyl groups excluding tert-OH is 1. The summed E-state index contributed by atoms with van der Waals surface area (Å²) >= 11 is 0. The molecule has 2 heterocycles. The Morgan fingerprint density at radius 2 is 2.24 bits per heavy atom. The molecule has 1 aromatic rings. The largest absolute Gasteiger partial charge is 0.392 e. The molecule has 1 fully saturated rings. The molecule has 1 saturated heterocycles. The van der Waals surface area contributed by atoms with Crippen LogP contribution in [0.25, 0.3) is 0 Å². The zero-order chi connectivity index (χ0) is 15.2. The van der Waals surface area contributed by atoms with Crippen molar-refractivity contribution in [3.63, 3.8) is 0 Å². The van der Waals surface area contributed by atoms with Crippen LogP contribution in [-0.4, -0.2) is 64.8 Å². The highest BCUT2D eigenvalue weighted by Gasteiger charge is 2.25. The van der Waals surface area contributed by atoms with Crippen molar-refractivity contribution in [2.75, 3.05) is 32.7 Å². The summed E-state index contributed by atoms with van der Waals surface area (Å²) in [6.45, 7) is 8.93. The van der Waals surface area contributed by atoms with E-state index in [0.29, 0.717) is 31.1 Å². The fraction of sp³-hybridized carbons (Fsp3) is 0.600. The van der Waals surface area contributed by atoms with Gasteiger partial charge < -0.3 is 14.5 Å². The quantitative estimate of drug-likeness (QED) is 0.794. The van der Waals surface area contributed by atoms with E-state index < -0.39 is 0 Å². The zero-order valence-corrected chi connectivity index (χ0v) is 12.5. The highest BCUT2D eigenvalue weighted by molar-refractivity contribution is 5.91. The average Bonchev–Trinajstić information content (AvgIpc) is 2.92. The van der Waals surface area contributed by atoms with Crippen LogP contribution in [0, 0.1) is 6.92 Å². The number of aromatic nitrogens is 1. The van der Waals surface area contributed by atoms with Crippen molar-refractivity contribution in [2.24, 2.45) is 0 Å². The van der Waals surface area contributed by atoms with E-state index in [1.54, 1.807) is 17.9 Å². The lowest BCUT2D eigenvalue weighted by atomic mass is 10.1. The zero-order valence-electron chi connectivity index (χ0n) is 12.5. The van der Waals surface area contributed by atoms with Gasteiger partial charge in [0.2, 0.25) is 5.76 Å². The van der Waals surface area contributed by atoms with Crippen LogP contribution in [0.3, 0.4) is 0 Å². The van der Waals surface area contributed by atoms with E-state index in [1.807, 2.05) is 6.08 Å². The second kappa shape index (κ2) is 7.38. The van der Waals surface area contributed by atoms with Crippen LogP contribution in [0.5, 0.6) is 0 Å². The van der Waals surface area contributed by atoms with Crippen LogP contribution in [-0.2, 0) is 0 Å². The first-order valence-electron chi connectivity index (χ1n) is 7.34. The molecule has 0 spiro atoms. The van der Waals surface area contributed by atoms with Gasteiger partial charge in [-0.05, 0) is 19.8 Å². The molecule has 1 aromatic heterocycles. The summed E-state index contributed by atoms with van der Waals surface area (Å²) in [5, 5.41) is 13.6. The number of carbonyl (C=O) groups is 1. The molecule has 1 aliphatic heterocycles. The van der Waals surface area contributed by atoms with Gasteiger partial charge in [0.15, 0.2) is 0 Å². The van der Waals surface area contributed by atoms with Gasteiger partial charge >= 0.3 is 0 Å². The maximum Gasteiger partial charge on any atom is 0.292 e. The molecule has 21 heavy (non-hydrogen) atoms. The second-order valence-corrected chi connectivity index (χ2v) is 5.45. The maximum absolute atomic E-state index is 12.2. The Hall–Kier alpha value is -1.66. The van der Waals surface area contributed by atoms with Crippen LogP contribution in [0.1, 0.15) is 29.1 Å². The first kappa shape index (κ1) is 15.7. The highest BCUT2D eigenvalue weighted by atomic mass is 16.5. The van der Waals surface area contributed by atoms with Crippen molar-refractivity contribution >= 4 is 5.91 Å². The summed E-state index contributed by atoms with van der Waals surface area (Å²) in [5.41, 5.74) is 0.710. The third-order valence-electron chi connectivity index (χ3n) is 3.67. The molecular formula is C15H23N3O3.